The summed E-state index contributed by atoms with van der Waals surface area (Å²) in [5.41, 5.74) is 5.45. The van der Waals surface area contributed by atoms with E-state index < -0.39 is 18.5 Å². The van der Waals surface area contributed by atoms with E-state index in [0.29, 0.717) is 13.0 Å². The summed E-state index contributed by atoms with van der Waals surface area (Å²) in [5.74, 6) is -0.875. The van der Waals surface area contributed by atoms with Gasteiger partial charge in [-0.2, -0.15) is 13.2 Å². The Kier molecular flexibility index (Phi) is 2.80. The van der Waals surface area contributed by atoms with Gasteiger partial charge in [0, 0.05) is 19.1 Å². The molecule has 0 unspecified atom stereocenters. The lowest BCUT2D eigenvalue weighted by atomic mass is 10.3. The van der Waals surface area contributed by atoms with E-state index in [-0.39, 0.29) is 12.6 Å². The summed E-state index contributed by atoms with van der Waals surface area (Å²) in [6.07, 6.45) is -5.20. The molecule has 1 amide bonds. The largest absolute Gasteiger partial charge is 0.397 e. The summed E-state index contributed by atoms with van der Waals surface area (Å²) in [6.45, 7) is 0.588. The molecule has 0 spiro atoms. The average Bonchev–Trinajstić information content (AvgIpc) is 2.31. The quantitative estimate of drug-likeness (QED) is 0.663. The molecule has 0 radical (unpaired) electrons. The predicted octanol–water partition coefficient (Wildman–Crippen LogP) is 0.498. The smallest absolute Gasteiger partial charge is 0.341 e. The van der Waals surface area contributed by atoms with E-state index in [1.54, 1.807) is 0 Å². The van der Waals surface area contributed by atoms with Gasteiger partial charge in [-0.05, 0) is 6.42 Å². The first-order valence-electron chi connectivity index (χ1n) is 3.98. The zero-order chi connectivity index (χ0) is 10.1. The highest BCUT2D eigenvalue weighted by Gasteiger charge is 2.35. The van der Waals surface area contributed by atoms with E-state index in [1.165, 1.54) is 0 Å². The van der Waals surface area contributed by atoms with Crippen LogP contribution in [0, 0.1) is 0 Å². The van der Waals surface area contributed by atoms with Crippen molar-refractivity contribution in [1.29, 1.82) is 0 Å². The Morgan fingerprint density at radius 1 is 1.54 bits per heavy atom. The van der Waals surface area contributed by atoms with Gasteiger partial charge in [0.25, 0.3) is 0 Å². The van der Waals surface area contributed by atoms with Crippen molar-refractivity contribution in [3.63, 3.8) is 0 Å². The van der Waals surface area contributed by atoms with E-state index in [0.717, 1.165) is 4.90 Å². The minimum Gasteiger partial charge on any atom is -0.341 e. The van der Waals surface area contributed by atoms with Crippen LogP contribution in [0.2, 0.25) is 0 Å². The van der Waals surface area contributed by atoms with Crippen LogP contribution in [0.5, 0.6) is 0 Å². The first-order valence-corrected chi connectivity index (χ1v) is 3.98. The van der Waals surface area contributed by atoms with Gasteiger partial charge < -0.3 is 10.6 Å². The van der Waals surface area contributed by atoms with Crippen molar-refractivity contribution in [3.05, 3.63) is 0 Å². The number of amides is 1. The first-order chi connectivity index (χ1) is 5.88. The maximum Gasteiger partial charge on any atom is 0.397 e. The van der Waals surface area contributed by atoms with Gasteiger partial charge in [-0.3, -0.25) is 4.79 Å². The van der Waals surface area contributed by atoms with Crippen LogP contribution in [-0.2, 0) is 4.79 Å². The van der Waals surface area contributed by atoms with Crippen LogP contribution in [0.15, 0.2) is 0 Å². The van der Waals surface area contributed by atoms with Gasteiger partial charge in [0.15, 0.2) is 0 Å². The maximum absolute atomic E-state index is 11.8. The van der Waals surface area contributed by atoms with Crippen LogP contribution in [0.4, 0.5) is 13.2 Å². The molecule has 0 aromatic heterocycles. The Morgan fingerprint density at radius 2 is 2.15 bits per heavy atom. The van der Waals surface area contributed by atoms with Gasteiger partial charge in [-0.15, -0.1) is 0 Å². The fraction of sp³-hybridized carbons (Fsp3) is 0.857. The Morgan fingerprint density at radius 3 is 2.54 bits per heavy atom. The topological polar surface area (TPSA) is 46.3 Å². The third kappa shape index (κ3) is 3.22. The SMILES string of the molecule is N[C@@H]1CCN(C(=O)CC(F)(F)F)C1. The molecule has 1 aliphatic heterocycles. The molecule has 0 aromatic carbocycles. The summed E-state index contributed by atoms with van der Waals surface area (Å²) < 4.78 is 35.3. The van der Waals surface area contributed by atoms with E-state index >= 15 is 0 Å². The molecule has 13 heavy (non-hydrogen) atoms. The van der Waals surface area contributed by atoms with Gasteiger partial charge in [0.2, 0.25) is 5.91 Å². The number of likely N-dealkylation sites (tertiary alicyclic amines) is 1. The number of carbonyl (C=O) groups is 1. The standard InChI is InChI=1S/C7H11F3N2O/c8-7(9,10)3-6(13)12-2-1-5(11)4-12/h5H,1-4,11H2/t5-/m1/s1. The van der Waals surface area contributed by atoms with Crippen molar-refractivity contribution in [2.24, 2.45) is 5.73 Å². The number of nitrogens with two attached hydrogens (primary N) is 1. The number of rotatable bonds is 1. The lowest BCUT2D eigenvalue weighted by Gasteiger charge is -2.16. The van der Waals surface area contributed by atoms with Crippen LogP contribution >= 0.6 is 0 Å². The number of hydrogen-bond acceptors (Lipinski definition) is 2. The van der Waals surface area contributed by atoms with E-state index in [1.807, 2.05) is 0 Å². The van der Waals surface area contributed by atoms with Crippen molar-refractivity contribution in [2.45, 2.75) is 25.1 Å². The van der Waals surface area contributed by atoms with Crippen LogP contribution in [0.25, 0.3) is 0 Å². The van der Waals surface area contributed by atoms with Crippen molar-refractivity contribution < 1.29 is 18.0 Å². The Bertz CT molecular complexity index is 204. The molecular weight excluding hydrogens is 185 g/mol. The molecule has 0 saturated carbocycles. The molecule has 1 aliphatic rings. The second kappa shape index (κ2) is 3.53. The number of halogens is 3. The zero-order valence-corrected chi connectivity index (χ0v) is 6.97. The van der Waals surface area contributed by atoms with E-state index in [9.17, 15) is 18.0 Å². The van der Waals surface area contributed by atoms with Crippen molar-refractivity contribution in [3.8, 4) is 0 Å². The molecule has 6 heteroatoms. The van der Waals surface area contributed by atoms with E-state index in [4.69, 9.17) is 5.73 Å². The van der Waals surface area contributed by atoms with E-state index in [2.05, 4.69) is 0 Å². The van der Waals surface area contributed by atoms with Crippen LogP contribution in [0.3, 0.4) is 0 Å². The fourth-order valence-corrected chi connectivity index (χ4v) is 1.30. The average molecular weight is 196 g/mol. The lowest BCUT2D eigenvalue weighted by molar-refractivity contribution is -0.160. The third-order valence-corrected chi connectivity index (χ3v) is 1.93. The Balaban J connectivity index is 2.41. The molecule has 1 heterocycles. The normalized spacial score (nSPS) is 23.7. The van der Waals surface area contributed by atoms with Crippen LogP contribution < -0.4 is 5.73 Å². The molecule has 1 rings (SSSR count). The second-order valence-corrected chi connectivity index (χ2v) is 3.18. The fourth-order valence-electron chi connectivity index (χ4n) is 1.30. The summed E-state index contributed by atoms with van der Waals surface area (Å²) >= 11 is 0. The Labute approximate surface area is 73.7 Å². The molecule has 0 aromatic rings. The summed E-state index contributed by atoms with van der Waals surface area (Å²) in [6, 6.07) is -0.169. The number of nitrogens with zero attached hydrogens (tertiary/aromatic N) is 1. The summed E-state index contributed by atoms with van der Waals surface area (Å²) in [5, 5.41) is 0. The van der Waals surface area contributed by atoms with Crippen molar-refractivity contribution >= 4 is 5.91 Å². The molecular formula is C7H11F3N2O. The van der Waals surface area contributed by atoms with Gasteiger partial charge in [0.1, 0.15) is 6.42 Å². The monoisotopic (exact) mass is 196 g/mol. The number of carbonyl (C=O) groups excluding carboxylic acids is 1. The highest BCUT2D eigenvalue weighted by atomic mass is 19.4. The second-order valence-electron chi connectivity index (χ2n) is 3.18. The molecule has 3 nitrogen and oxygen atoms in total. The van der Waals surface area contributed by atoms with Gasteiger partial charge >= 0.3 is 6.18 Å². The molecule has 1 saturated heterocycles. The van der Waals surface area contributed by atoms with Crippen molar-refractivity contribution in [2.75, 3.05) is 13.1 Å². The highest BCUT2D eigenvalue weighted by Crippen LogP contribution is 2.21. The van der Waals surface area contributed by atoms with Gasteiger partial charge in [0.05, 0.1) is 0 Å². The van der Waals surface area contributed by atoms with Crippen molar-refractivity contribution in [1.82, 2.24) is 4.90 Å². The first kappa shape index (κ1) is 10.3. The minimum atomic E-state index is -4.41. The molecule has 0 aliphatic carbocycles. The van der Waals surface area contributed by atoms with Crippen LogP contribution in [0.1, 0.15) is 12.8 Å². The molecule has 0 bridgehead atoms. The predicted molar refractivity (Wildman–Crippen MR) is 39.8 cm³/mol. The number of hydrogen-bond donors (Lipinski definition) is 1. The number of alkyl halides is 3. The third-order valence-electron chi connectivity index (χ3n) is 1.93. The Hall–Kier alpha value is -0.780. The molecule has 2 N–H and O–H groups in total. The zero-order valence-electron chi connectivity index (χ0n) is 6.97. The molecule has 76 valence electrons. The molecule has 1 atom stereocenters. The van der Waals surface area contributed by atoms with Crippen LogP contribution in [-0.4, -0.2) is 36.1 Å². The summed E-state index contributed by atoms with van der Waals surface area (Å²) in [4.78, 5) is 12.1. The molecule has 1 fully saturated rings. The minimum absolute atomic E-state index is 0.169. The maximum atomic E-state index is 11.8. The van der Waals surface area contributed by atoms with Gasteiger partial charge in [-0.25, -0.2) is 0 Å². The van der Waals surface area contributed by atoms with Gasteiger partial charge in [-0.1, -0.05) is 0 Å². The highest BCUT2D eigenvalue weighted by molar-refractivity contribution is 5.77. The summed E-state index contributed by atoms with van der Waals surface area (Å²) in [7, 11) is 0. The lowest BCUT2D eigenvalue weighted by Crippen LogP contribution is -2.34.